The Morgan fingerprint density at radius 2 is 2.00 bits per heavy atom. The minimum atomic E-state index is -4.72. The van der Waals surface area contributed by atoms with Crippen LogP contribution in [0.4, 0.5) is 22.0 Å². The highest BCUT2D eigenvalue weighted by atomic mass is 19.4. The van der Waals surface area contributed by atoms with E-state index in [-0.39, 0.29) is 12.8 Å². The van der Waals surface area contributed by atoms with E-state index >= 15 is 0 Å². The van der Waals surface area contributed by atoms with Crippen molar-refractivity contribution in [3.05, 3.63) is 11.3 Å². The van der Waals surface area contributed by atoms with Crippen LogP contribution in [-0.4, -0.2) is 37.9 Å². The summed E-state index contributed by atoms with van der Waals surface area (Å²) in [6, 6.07) is 0. The average molecular weight is 274 g/mol. The van der Waals surface area contributed by atoms with E-state index in [1.807, 2.05) is 0 Å². The van der Waals surface area contributed by atoms with Crippen LogP contribution in [0.1, 0.15) is 6.92 Å². The third kappa shape index (κ3) is 5.60. The highest BCUT2D eigenvalue weighted by molar-refractivity contribution is 6.09. The smallest absolute Gasteiger partial charge is 0.405 e. The summed E-state index contributed by atoms with van der Waals surface area (Å²) in [5.74, 6) is -1.28. The molecular formula is C9H11F5N2O2. The van der Waals surface area contributed by atoms with E-state index in [0.29, 0.717) is 0 Å². The van der Waals surface area contributed by atoms with Crippen molar-refractivity contribution < 1.29 is 31.5 Å². The number of nitrogens with one attached hydrogen (secondary N) is 2. The number of halogens is 5. The molecule has 0 saturated heterocycles. The van der Waals surface area contributed by atoms with E-state index in [0.717, 1.165) is 0 Å². The Hall–Kier alpha value is -1.67. The van der Waals surface area contributed by atoms with Crippen LogP contribution in [0.15, 0.2) is 11.3 Å². The Labute approximate surface area is 99.3 Å². The molecule has 0 aliphatic rings. The molecule has 0 saturated carbocycles. The van der Waals surface area contributed by atoms with Gasteiger partial charge >= 0.3 is 12.1 Å². The fourth-order valence-corrected chi connectivity index (χ4v) is 0.941. The van der Waals surface area contributed by atoms with E-state index < -0.39 is 36.4 Å². The number of esters is 1. The fraction of sp³-hybridized carbons (Fsp3) is 0.556. The van der Waals surface area contributed by atoms with Crippen molar-refractivity contribution in [2.45, 2.75) is 19.5 Å². The van der Waals surface area contributed by atoms with Crippen LogP contribution < -0.4 is 5.32 Å². The first-order chi connectivity index (χ1) is 8.22. The van der Waals surface area contributed by atoms with Crippen LogP contribution in [0.2, 0.25) is 0 Å². The summed E-state index contributed by atoms with van der Waals surface area (Å²) >= 11 is 0. The lowest BCUT2D eigenvalue weighted by Crippen LogP contribution is -2.33. The maximum Gasteiger partial charge on any atom is 0.405 e. The normalized spacial score (nSPS) is 13.1. The molecule has 0 aromatic rings. The number of hydrogen-bond donors (Lipinski definition) is 2. The summed E-state index contributed by atoms with van der Waals surface area (Å²) in [6.45, 7) is -0.486. The molecule has 0 amide bonds. The number of carbonyl (C=O) groups is 1. The molecule has 18 heavy (non-hydrogen) atoms. The maximum atomic E-state index is 12.5. The minimum Gasteiger partial charge on any atom is -0.462 e. The molecule has 0 bridgehead atoms. The van der Waals surface area contributed by atoms with Gasteiger partial charge in [-0.05, 0) is 6.92 Å². The summed E-state index contributed by atoms with van der Waals surface area (Å²) in [5.41, 5.74) is -2.21. The monoisotopic (exact) mass is 274 g/mol. The van der Waals surface area contributed by atoms with Crippen LogP contribution >= 0.6 is 0 Å². The molecule has 0 aromatic carbocycles. The quantitative estimate of drug-likeness (QED) is 0.336. The molecule has 2 N–H and O–H groups in total. The van der Waals surface area contributed by atoms with E-state index in [4.69, 9.17) is 5.41 Å². The number of hydrogen-bond acceptors (Lipinski definition) is 4. The van der Waals surface area contributed by atoms with Gasteiger partial charge in [0.1, 0.15) is 12.1 Å². The van der Waals surface area contributed by atoms with Crippen molar-refractivity contribution >= 4 is 12.2 Å². The SMILES string of the molecule is CCOC(=O)/C(C=N)=C(/NCC(F)(F)F)C(F)F. The maximum absolute atomic E-state index is 12.5. The number of carbonyl (C=O) groups excluding carboxylic acids is 1. The van der Waals surface area contributed by atoms with E-state index in [2.05, 4.69) is 4.74 Å². The number of alkyl halides is 5. The Morgan fingerprint density at radius 1 is 1.44 bits per heavy atom. The topological polar surface area (TPSA) is 62.2 Å². The first kappa shape index (κ1) is 16.3. The van der Waals surface area contributed by atoms with Gasteiger partial charge < -0.3 is 15.5 Å². The van der Waals surface area contributed by atoms with Crippen molar-refractivity contribution in [2.24, 2.45) is 0 Å². The standard InChI is InChI=1S/C9H11F5N2O2/c1-2-18-8(17)5(3-15)6(7(10)11)16-4-9(12,13)14/h3,7,15-16H,2,4H2,1H3/b6-5+,15-3?. The molecule has 104 valence electrons. The summed E-state index contributed by atoms with van der Waals surface area (Å²) < 4.78 is 65.1. The van der Waals surface area contributed by atoms with Crippen LogP contribution in [0.25, 0.3) is 0 Å². The Morgan fingerprint density at radius 3 is 2.33 bits per heavy atom. The molecule has 0 heterocycles. The van der Waals surface area contributed by atoms with E-state index in [9.17, 15) is 26.7 Å². The van der Waals surface area contributed by atoms with Crippen molar-refractivity contribution in [3.8, 4) is 0 Å². The van der Waals surface area contributed by atoms with Crippen LogP contribution in [0.3, 0.4) is 0 Å². The molecule has 0 unspecified atom stereocenters. The zero-order valence-corrected chi connectivity index (χ0v) is 9.28. The molecule has 0 rings (SSSR count). The van der Waals surface area contributed by atoms with Crippen molar-refractivity contribution in [2.75, 3.05) is 13.2 Å². The summed E-state index contributed by atoms with van der Waals surface area (Å²) in [5, 5.41) is 8.19. The predicted molar refractivity (Wildman–Crippen MR) is 52.5 cm³/mol. The van der Waals surface area contributed by atoms with Gasteiger partial charge in [0.05, 0.1) is 12.3 Å². The van der Waals surface area contributed by atoms with E-state index in [1.54, 1.807) is 0 Å². The van der Waals surface area contributed by atoms with Gasteiger partial charge in [-0.1, -0.05) is 0 Å². The van der Waals surface area contributed by atoms with Crippen molar-refractivity contribution in [1.82, 2.24) is 5.32 Å². The molecular weight excluding hydrogens is 263 g/mol. The zero-order chi connectivity index (χ0) is 14.3. The first-order valence-electron chi connectivity index (χ1n) is 4.73. The lowest BCUT2D eigenvalue weighted by atomic mass is 10.2. The number of rotatable bonds is 6. The molecule has 9 heteroatoms. The Balaban J connectivity index is 5.12. The van der Waals surface area contributed by atoms with Gasteiger partial charge in [0, 0.05) is 6.21 Å². The minimum absolute atomic E-state index is 0.147. The lowest BCUT2D eigenvalue weighted by Gasteiger charge is -2.14. The third-order valence-electron chi connectivity index (χ3n) is 1.63. The first-order valence-corrected chi connectivity index (χ1v) is 4.73. The molecule has 0 aromatic heterocycles. The molecule has 0 aliphatic carbocycles. The van der Waals surface area contributed by atoms with Crippen LogP contribution in [0.5, 0.6) is 0 Å². The molecule has 4 nitrogen and oxygen atoms in total. The lowest BCUT2D eigenvalue weighted by molar-refractivity contribution is -0.138. The number of allylic oxidation sites excluding steroid dienone is 1. The second kappa shape index (κ2) is 6.92. The van der Waals surface area contributed by atoms with Gasteiger partial charge in [-0.15, -0.1) is 0 Å². The average Bonchev–Trinajstić information content (AvgIpc) is 2.22. The van der Waals surface area contributed by atoms with Gasteiger partial charge in [-0.2, -0.15) is 13.2 Å². The van der Waals surface area contributed by atoms with Gasteiger partial charge in [-0.25, -0.2) is 13.6 Å². The summed E-state index contributed by atoms with van der Waals surface area (Å²) in [7, 11) is 0. The second-order valence-corrected chi connectivity index (χ2v) is 2.96. The number of ether oxygens (including phenoxy) is 1. The van der Waals surface area contributed by atoms with Gasteiger partial charge in [0.2, 0.25) is 0 Å². The molecule has 0 fully saturated rings. The van der Waals surface area contributed by atoms with Crippen molar-refractivity contribution in [1.29, 1.82) is 5.41 Å². The van der Waals surface area contributed by atoms with Crippen LogP contribution in [0, 0.1) is 5.41 Å². The zero-order valence-electron chi connectivity index (χ0n) is 9.28. The summed E-state index contributed by atoms with van der Waals surface area (Å²) in [4.78, 5) is 11.2. The third-order valence-corrected chi connectivity index (χ3v) is 1.63. The highest BCUT2D eigenvalue weighted by Gasteiger charge is 2.30. The molecule has 0 spiro atoms. The van der Waals surface area contributed by atoms with Gasteiger partial charge in [-0.3, -0.25) is 0 Å². The Bertz CT molecular complexity index is 338. The van der Waals surface area contributed by atoms with Gasteiger partial charge in [0.25, 0.3) is 6.43 Å². The predicted octanol–water partition coefficient (Wildman–Crippen LogP) is 1.87. The fourth-order valence-electron chi connectivity index (χ4n) is 0.941. The molecule has 0 aliphatic heterocycles. The highest BCUT2D eigenvalue weighted by Crippen LogP contribution is 2.17. The second-order valence-electron chi connectivity index (χ2n) is 2.96. The molecule has 0 radical (unpaired) electrons. The molecule has 0 atom stereocenters. The van der Waals surface area contributed by atoms with Crippen molar-refractivity contribution in [3.63, 3.8) is 0 Å². The Kier molecular flexibility index (Phi) is 6.28. The van der Waals surface area contributed by atoms with E-state index in [1.165, 1.54) is 12.2 Å². The summed E-state index contributed by atoms with van der Waals surface area (Å²) in [6.07, 6.45) is -7.85. The van der Waals surface area contributed by atoms with Gasteiger partial charge in [0.15, 0.2) is 0 Å². The van der Waals surface area contributed by atoms with Crippen LogP contribution in [-0.2, 0) is 9.53 Å². The largest absolute Gasteiger partial charge is 0.462 e.